The van der Waals surface area contributed by atoms with Gasteiger partial charge in [0.1, 0.15) is 0 Å². The van der Waals surface area contributed by atoms with E-state index < -0.39 is 27.7 Å². The van der Waals surface area contributed by atoms with E-state index in [-0.39, 0.29) is 33.4 Å². The number of sulfonamides is 1. The third-order valence-corrected chi connectivity index (χ3v) is 7.56. The number of carbonyl (C=O) groups is 1. The van der Waals surface area contributed by atoms with E-state index in [0.717, 1.165) is 22.5 Å². The second-order valence-electron chi connectivity index (χ2n) is 7.97. The summed E-state index contributed by atoms with van der Waals surface area (Å²) in [5.74, 6) is -0.821. The molecule has 10 heteroatoms. The quantitative estimate of drug-likeness (QED) is 0.272. The van der Waals surface area contributed by atoms with Gasteiger partial charge in [0.05, 0.1) is 39.0 Å². The number of halogens is 4. The Bertz CT molecular complexity index is 1510. The lowest BCUT2D eigenvalue weighted by Gasteiger charge is -2.26. The number of alkyl halides is 3. The third-order valence-electron chi connectivity index (χ3n) is 5.46. The van der Waals surface area contributed by atoms with Crippen LogP contribution < -0.4 is 9.62 Å². The first-order valence-corrected chi connectivity index (χ1v) is 12.8. The number of amides is 1. The van der Waals surface area contributed by atoms with Crippen LogP contribution in [-0.2, 0) is 22.7 Å². The monoisotopic (exact) mass is 544 g/mol. The second-order valence-corrected chi connectivity index (χ2v) is 10.2. The summed E-state index contributed by atoms with van der Waals surface area (Å²) in [6.45, 7) is -0.0906. The smallest absolute Gasteiger partial charge is 0.321 e. The van der Waals surface area contributed by atoms with Gasteiger partial charge in [-0.1, -0.05) is 72.3 Å². The first-order valence-electron chi connectivity index (χ1n) is 11.0. The van der Waals surface area contributed by atoms with Gasteiger partial charge in [-0.05, 0) is 48.0 Å². The van der Waals surface area contributed by atoms with E-state index in [1.165, 1.54) is 30.3 Å². The van der Waals surface area contributed by atoms with Gasteiger partial charge in [-0.3, -0.25) is 9.10 Å². The van der Waals surface area contributed by atoms with Crippen LogP contribution >= 0.6 is 11.6 Å². The van der Waals surface area contributed by atoms with Crippen molar-refractivity contribution < 1.29 is 26.4 Å². The minimum absolute atomic E-state index is 0.0158. The number of para-hydroxylation sites is 1. The normalized spacial score (nSPS) is 11.7. The standard InChI is InChI=1S/C27H20ClF3N2O3S/c28-23-16-15-20(27(29,30)31)17-24(23)32-26(34)22-13-7-8-14-25(22)33(18-19-9-3-1-4-10-19)37(35,36)21-11-5-2-6-12-21/h1-17H,18H2,(H,32,34). The fourth-order valence-electron chi connectivity index (χ4n) is 3.64. The molecule has 37 heavy (non-hydrogen) atoms. The largest absolute Gasteiger partial charge is 0.416 e. The molecule has 0 saturated heterocycles. The molecule has 0 fully saturated rings. The molecular formula is C27H20ClF3N2O3S. The van der Waals surface area contributed by atoms with Crippen LogP contribution in [0.25, 0.3) is 0 Å². The zero-order valence-electron chi connectivity index (χ0n) is 19.1. The molecule has 0 spiro atoms. The van der Waals surface area contributed by atoms with Gasteiger partial charge in [0.2, 0.25) is 0 Å². The first kappa shape index (κ1) is 26.2. The van der Waals surface area contributed by atoms with E-state index in [1.807, 2.05) is 0 Å². The van der Waals surface area contributed by atoms with Gasteiger partial charge in [-0.2, -0.15) is 13.2 Å². The predicted octanol–water partition coefficient (Wildman–Crippen LogP) is 7.01. The van der Waals surface area contributed by atoms with Gasteiger partial charge < -0.3 is 5.32 Å². The van der Waals surface area contributed by atoms with Crippen molar-refractivity contribution in [2.45, 2.75) is 17.6 Å². The molecule has 0 aliphatic carbocycles. The third kappa shape index (κ3) is 5.95. The number of nitrogens with one attached hydrogen (secondary N) is 1. The van der Waals surface area contributed by atoms with E-state index in [2.05, 4.69) is 5.32 Å². The highest BCUT2D eigenvalue weighted by molar-refractivity contribution is 7.92. The zero-order valence-corrected chi connectivity index (χ0v) is 20.7. The van der Waals surface area contributed by atoms with Crippen LogP contribution in [0.5, 0.6) is 0 Å². The van der Waals surface area contributed by atoms with Crippen molar-refractivity contribution in [1.82, 2.24) is 0 Å². The van der Waals surface area contributed by atoms with E-state index in [4.69, 9.17) is 11.6 Å². The molecule has 0 aliphatic heterocycles. The van der Waals surface area contributed by atoms with Crippen molar-refractivity contribution in [3.05, 3.63) is 125 Å². The van der Waals surface area contributed by atoms with Gasteiger partial charge in [-0.15, -0.1) is 0 Å². The summed E-state index contributed by atoms with van der Waals surface area (Å²) in [5.41, 5.74) is -0.588. The maximum atomic E-state index is 13.7. The lowest BCUT2D eigenvalue weighted by Crippen LogP contribution is -2.32. The molecule has 0 radical (unpaired) electrons. The van der Waals surface area contributed by atoms with Gasteiger partial charge in [0.15, 0.2) is 0 Å². The molecule has 4 aromatic rings. The topological polar surface area (TPSA) is 66.5 Å². The summed E-state index contributed by atoms with van der Waals surface area (Å²) in [6, 6.07) is 25.1. The van der Waals surface area contributed by atoms with Crippen molar-refractivity contribution in [3.8, 4) is 0 Å². The first-order chi connectivity index (χ1) is 17.6. The van der Waals surface area contributed by atoms with Crippen LogP contribution in [0.4, 0.5) is 24.5 Å². The molecule has 190 valence electrons. The van der Waals surface area contributed by atoms with Gasteiger partial charge in [0.25, 0.3) is 15.9 Å². The zero-order chi connectivity index (χ0) is 26.6. The molecule has 1 amide bonds. The van der Waals surface area contributed by atoms with Crippen molar-refractivity contribution in [3.63, 3.8) is 0 Å². The number of nitrogens with zero attached hydrogens (tertiary/aromatic N) is 1. The molecule has 0 heterocycles. The summed E-state index contributed by atoms with van der Waals surface area (Å²) in [4.78, 5) is 13.3. The lowest BCUT2D eigenvalue weighted by molar-refractivity contribution is -0.137. The SMILES string of the molecule is O=C(Nc1cc(C(F)(F)F)ccc1Cl)c1ccccc1N(Cc1ccccc1)S(=O)(=O)c1ccccc1. The summed E-state index contributed by atoms with van der Waals surface area (Å²) in [7, 11) is -4.14. The van der Waals surface area contributed by atoms with Crippen molar-refractivity contribution in [1.29, 1.82) is 0 Å². The molecule has 0 aromatic heterocycles. The Morgan fingerprint density at radius 2 is 1.43 bits per heavy atom. The average molecular weight is 545 g/mol. The maximum Gasteiger partial charge on any atom is 0.416 e. The Labute approximate surface area is 217 Å². The van der Waals surface area contributed by atoms with Crippen LogP contribution in [0.1, 0.15) is 21.5 Å². The Kier molecular flexibility index (Phi) is 7.56. The van der Waals surface area contributed by atoms with Gasteiger partial charge in [-0.25, -0.2) is 8.42 Å². The van der Waals surface area contributed by atoms with Gasteiger partial charge in [0, 0.05) is 0 Å². The lowest BCUT2D eigenvalue weighted by atomic mass is 10.1. The molecule has 0 aliphatic rings. The highest BCUT2D eigenvalue weighted by atomic mass is 35.5. The highest BCUT2D eigenvalue weighted by Crippen LogP contribution is 2.35. The molecule has 4 rings (SSSR count). The molecule has 0 unspecified atom stereocenters. The minimum Gasteiger partial charge on any atom is -0.321 e. The number of hydrogen-bond acceptors (Lipinski definition) is 3. The number of benzene rings is 4. The minimum atomic E-state index is -4.64. The molecule has 1 N–H and O–H groups in total. The number of hydrogen-bond donors (Lipinski definition) is 1. The van der Waals surface area contributed by atoms with Crippen LogP contribution in [0.3, 0.4) is 0 Å². The fourth-order valence-corrected chi connectivity index (χ4v) is 5.30. The highest BCUT2D eigenvalue weighted by Gasteiger charge is 2.32. The Morgan fingerprint density at radius 1 is 0.838 bits per heavy atom. The predicted molar refractivity (Wildman–Crippen MR) is 137 cm³/mol. The van der Waals surface area contributed by atoms with Crippen LogP contribution in [0.15, 0.2) is 108 Å². The fraction of sp³-hybridized carbons (Fsp3) is 0.0741. The molecular weight excluding hydrogens is 525 g/mol. The molecule has 5 nitrogen and oxygen atoms in total. The van der Waals surface area contributed by atoms with Gasteiger partial charge >= 0.3 is 6.18 Å². The van der Waals surface area contributed by atoms with E-state index in [0.29, 0.717) is 5.56 Å². The van der Waals surface area contributed by atoms with Crippen LogP contribution in [0, 0.1) is 0 Å². The number of carbonyl (C=O) groups excluding carboxylic acids is 1. The Hall–Kier alpha value is -3.82. The van der Waals surface area contributed by atoms with E-state index in [9.17, 15) is 26.4 Å². The Morgan fingerprint density at radius 3 is 2.08 bits per heavy atom. The maximum absolute atomic E-state index is 13.7. The summed E-state index contributed by atoms with van der Waals surface area (Å²) < 4.78 is 68.2. The van der Waals surface area contributed by atoms with E-state index in [1.54, 1.807) is 54.6 Å². The van der Waals surface area contributed by atoms with Crippen molar-refractivity contribution in [2.75, 3.05) is 9.62 Å². The summed E-state index contributed by atoms with van der Waals surface area (Å²) in [6.07, 6.45) is -4.64. The Balaban J connectivity index is 1.78. The van der Waals surface area contributed by atoms with Crippen molar-refractivity contribution >= 4 is 38.9 Å². The van der Waals surface area contributed by atoms with Crippen LogP contribution in [-0.4, -0.2) is 14.3 Å². The van der Waals surface area contributed by atoms with Crippen molar-refractivity contribution in [2.24, 2.45) is 0 Å². The average Bonchev–Trinajstić information content (AvgIpc) is 2.89. The second kappa shape index (κ2) is 10.7. The number of rotatable bonds is 7. The molecule has 0 bridgehead atoms. The summed E-state index contributed by atoms with van der Waals surface area (Å²) >= 11 is 6.05. The molecule has 0 atom stereocenters. The molecule has 4 aromatic carbocycles. The van der Waals surface area contributed by atoms with Crippen LogP contribution in [0.2, 0.25) is 5.02 Å². The summed E-state index contributed by atoms with van der Waals surface area (Å²) in [5, 5.41) is 2.30. The number of anilines is 2. The van der Waals surface area contributed by atoms with E-state index >= 15 is 0 Å². The molecule has 0 saturated carbocycles.